The van der Waals surface area contributed by atoms with Crippen LogP contribution in [0.2, 0.25) is 0 Å². The predicted octanol–water partition coefficient (Wildman–Crippen LogP) is 4.34. The van der Waals surface area contributed by atoms with Crippen LogP contribution in [0.4, 0.5) is 4.79 Å². The van der Waals surface area contributed by atoms with E-state index in [-0.39, 0.29) is 0 Å². The maximum absolute atomic E-state index is 12.0. The first-order valence-electron chi connectivity index (χ1n) is 5.35. The zero-order valence-electron chi connectivity index (χ0n) is 10.2. The van der Waals surface area contributed by atoms with Gasteiger partial charge < -0.3 is 4.74 Å². The van der Waals surface area contributed by atoms with Gasteiger partial charge in [0.05, 0.1) is 5.52 Å². The van der Waals surface area contributed by atoms with Crippen LogP contribution in [0.15, 0.2) is 27.3 Å². The molecular weight excluding hydrogens is 364 g/mol. The molecule has 0 aliphatic carbocycles. The van der Waals surface area contributed by atoms with Gasteiger partial charge in [-0.15, -0.1) is 0 Å². The third-order valence-electron chi connectivity index (χ3n) is 2.16. The largest absolute Gasteiger partial charge is 0.442 e. The molecule has 2 rings (SSSR count). The number of benzene rings is 1. The van der Waals surface area contributed by atoms with Crippen LogP contribution in [-0.4, -0.2) is 21.5 Å². The Labute approximate surface area is 122 Å². The molecule has 6 heteroatoms. The fourth-order valence-corrected chi connectivity index (χ4v) is 2.34. The molecule has 0 saturated carbocycles. The first kappa shape index (κ1) is 13.5. The fraction of sp³-hybridized carbons (Fsp3) is 0.333. The molecule has 18 heavy (non-hydrogen) atoms. The Balaban J connectivity index is 2.51. The number of hydrogen-bond donors (Lipinski definition) is 0. The second-order valence-corrected chi connectivity index (χ2v) is 6.51. The highest BCUT2D eigenvalue weighted by Gasteiger charge is 2.21. The van der Waals surface area contributed by atoms with E-state index in [0.29, 0.717) is 10.1 Å². The summed E-state index contributed by atoms with van der Waals surface area (Å²) >= 11 is 6.71. The van der Waals surface area contributed by atoms with E-state index in [1.54, 1.807) is 0 Å². The lowest BCUT2D eigenvalue weighted by atomic mass is 10.2. The molecule has 0 spiro atoms. The average Bonchev–Trinajstić information content (AvgIpc) is 2.53. The summed E-state index contributed by atoms with van der Waals surface area (Å²) in [7, 11) is 0. The van der Waals surface area contributed by atoms with Crippen molar-refractivity contribution in [1.82, 2.24) is 9.78 Å². The molecular formula is C12H12Br2N2O2. The molecule has 0 atom stereocenters. The second-order valence-electron chi connectivity index (χ2n) is 4.84. The Morgan fingerprint density at radius 3 is 2.61 bits per heavy atom. The van der Waals surface area contributed by atoms with Gasteiger partial charge in [-0.25, -0.2) is 4.79 Å². The summed E-state index contributed by atoms with van der Waals surface area (Å²) in [6.45, 7) is 5.46. The number of rotatable bonds is 0. The Morgan fingerprint density at radius 1 is 1.33 bits per heavy atom. The highest BCUT2D eigenvalue weighted by Crippen LogP contribution is 2.26. The molecule has 0 amide bonds. The minimum atomic E-state index is -0.548. The third kappa shape index (κ3) is 2.75. The fourth-order valence-electron chi connectivity index (χ4n) is 1.49. The molecule has 0 unspecified atom stereocenters. The molecule has 4 nitrogen and oxygen atoms in total. The quantitative estimate of drug-likeness (QED) is 0.687. The van der Waals surface area contributed by atoms with Crippen molar-refractivity contribution >= 4 is 48.9 Å². The Kier molecular flexibility index (Phi) is 3.51. The topological polar surface area (TPSA) is 44.1 Å². The van der Waals surface area contributed by atoms with Crippen LogP contribution < -0.4 is 0 Å². The minimum Gasteiger partial charge on any atom is -0.442 e. The van der Waals surface area contributed by atoms with Crippen molar-refractivity contribution in [3.8, 4) is 0 Å². The lowest BCUT2D eigenvalue weighted by Crippen LogP contribution is -2.27. The first-order chi connectivity index (χ1) is 8.28. The maximum atomic E-state index is 12.0. The molecule has 1 aromatic heterocycles. The summed E-state index contributed by atoms with van der Waals surface area (Å²) < 4.78 is 8.07. The lowest BCUT2D eigenvalue weighted by Gasteiger charge is -2.19. The van der Waals surface area contributed by atoms with Crippen molar-refractivity contribution in [2.24, 2.45) is 0 Å². The molecule has 0 fully saturated rings. The van der Waals surface area contributed by atoms with Gasteiger partial charge >= 0.3 is 6.09 Å². The number of aromatic nitrogens is 2. The molecule has 0 bridgehead atoms. The van der Waals surface area contributed by atoms with Crippen molar-refractivity contribution in [3.05, 3.63) is 27.3 Å². The maximum Gasteiger partial charge on any atom is 0.435 e. The molecule has 2 aromatic rings. The lowest BCUT2D eigenvalue weighted by molar-refractivity contribution is 0.0522. The zero-order chi connectivity index (χ0) is 13.5. The Bertz CT molecular complexity index is 614. The third-order valence-corrected chi connectivity index (χ3v) is 3.24. The highest BCUT2D eigenvalue weighted by molar-refractivity contribution is 9.10. The second kappa shape index (κ2) is 4.66. The van der Waals surface area contributed by atoms with Gasteiger partial charge in [-0.3, -0.25) is 0 Å². The van der Waals surface area contributed by atoms with Crippen LogP contribution in [-0.2, 0) is 4.74 Å². The molecule has 0 radical (unpaired) electrons. The van der Waals surface area contributed by atoms with Gasteiger partial charge in [0.2, 0.25) is 0 Å². The number of ether oxygens (including phenoxy) is 1. The van der Waals surface area contributed by atoms with Crippen LogP contribution in [0.5, 0.6) is 0 Å². The molecule has 0 aliphatic rings. The number of fused-ring (bicyclic) bond motifs is 1. The smallest absolute Gasteiger partial charge is 0.435 e. The molecule has 96 valence electrons. The van der Waals surface area contributed by atoms with Crippen LogP contribution in [0, 0.1) is 0 Å². The molecule has 0 aliphatic heterocycles. The van der Waals surface area contributed by atoms with E-state index in [4.69, 9.17) is 4.74 Å². The van der Waals surface area contributed by atoms with Crippen LogP contribution in [0.25, 0.3) is 10.9 Å². The summed E-state index contributed by atoms with van der Waals surface area (Å²) in [6, 6.07) is 5.61. The van der Waals surface area contributed by atoms with Crippen molar-refractivity contribution in [2.75, 3.05) is 0 Å². The van der Waals surface area contributed by atoms with E-state index in [1.807, 2.05) is 39.0 Å². The van der Waals surface area contributed by atoms with E-state index < -0.39 is 11.7 Å². The number of carbonyl (C=O) groups excluding carboxylic acids is 1. The van der Waals surface area contributed by atoms with Crippen molar-refractivity contribution in [1.29, 1.82) is 0 Å². The summed E-state index contributed by atoms with van der Waals surface area (Å²) in [5.74, 6) is 0. The SMILES string of the molecule is CC(C)(C)OC(=O)n1nc(Br)c2ccc(Br)cc21. The minimum absolute atomic E-state index is 0.490. The van der Waals surface area contributed by atoms with Crippen LogP contribution in [0.1, 0.15) is 20.8 Å². The van der Waals surface area contributed by atoms with Gasteiger partial charge in [-0.1, -0.05) is 15.9 Å². The molecule has 1 aromatic carbocycles. The monoisotopic (exact) mass is 374 g/mol. The summed E-state index contributed by atoms with van der Waals surface area (Å²) in [4.78, 5) is 12.0. The van der Waals surface area contributed by atoms with E-state index in [0.717, 1.165) is 9.86 Å². The van der Waals surface area contributed by atoms with Crippen molar-refractivity contribution in [3.63, 3.8) is 0 Å². The van der Waals surface area contributed by atoms with Gasteiger partial charge in [0.25, 0.3) is 0 Å². The van der Waals surface area contributed by atoms with E-state index in [2.05, 4.69) is 37.0 Å². The zero-order valence-corrected chi connectivity index (χ0v) is 13.4. The van der Waals surface area contributed by atoms with Crippen LogP contribution >= 0.6 is 31.9 Å². The van der Waals surface area contributed by atoms with E-state index in [1.165, 1.54) is 4.68 Å². The van der Waals surface area contributed by atoms with Gasteiger partial charge in [0.15, 0.2) is 0 Å². The van der Waals surface area contributed by atoms with Gasteiger partial charge in [-0.05, 0) is 54.9 Å². The Hall–Kier alpha value is -0.880. The summed E-state index contributed by atoms with van der Waals surface area (Å²) in [5, 5.41) is 5.02. The number of nitrogens with zero attached hydrogens (tertiary/aromatic N) is 2. The Morgan fingerprint density at radius 2 is 2.00 bits per heavy atom. The molecule has 1 heterocycles. The van der Waals surface area contributed by atoms with Gasteiger partial charge in [-0.2, -0.15) is 9.78 Å². The normalized spacial score (nSPS) is 11.8. The summed E-state index contributed by atoms with van der Waals surface area (Å²) in [5.41, 5.74) is 0.152. The molecule has 0 N–H and O–H groups in total. The molecule has 0 saturated heterocycles. The van der Waals surface area contributed by atoms with Gasteiger partial charge in [0, 0.05) is 9.86 Å². The van der Waals surface area contributed by atoms with Crippen molar-refractivity contribution in [2.45, 2.75) is 26.4 Å². The average molecular weight is 376 g/mol. The van der Waals surface area contributed by atoms with E-state index >= 15 is 0 Å². The van der Waals surface area contributed by atoms with Crippen molar-refractivity contribution < 1.29 is 9.53 Å². The van der Waals surface area contributed by atoms with Crippen LogP contribution in [0.3, 0.4) is 0 Å². The highest BCUT2D eigenvalue weighted by atomic mass is 79.9. The first-order valence-corrected chi connectivity index (χ1v) is 6.94. The van der Waals surface area contributed by atoms with Gasteiger partial charge in [0.1, 0.15) is 10.2 Å². The number of carbonyl (C=O) groups is 1. The van der Waals surface area contributed by atoms with E-state index in [9.17, 15) is 4.79 Å². The standard InChI is InChI=1S/C12H12Br2N2O2/c1-12(2,3)18-11(17)16-9-6-7(13)4-5-8(9)10(14)15-16/h4-6H,1-3H3. The predicted molar refractivity (Wildman–Crippen MR) is 76.8 cm³/mol. The number of halogens is 2. The number of hydrogen-bond acceptors (Lipinski definition) is 3. The summed E-state index contributed by atoms with van der Waals surface area (Å²) in [6.07, 6.45) is -0.490.